The Balaban J connectivity index is 2.70. The largest absolute Gasteiger partial charge is 0.398 e. The van der Waals surface area contributed by atoms with Gasteiger partial charge in [-0.25, -0.2) is 0 Å². The minimum absolute atomic E-state index is 0.131. The fourth-order valence-electron chi connectivity index (χ4n) is 2.37. The second kappa shape index (κ2) is 9.13. The summed E-state index contributed by atoms with van der Waals surface area (Å²) in [4.78, 5) is 2.53. The first-order valence-corrected chi connectivity index (χ1v) is 14.3. The van der Waals surface area contributed by atoms with Crippen LogP contribution in [-0.2, 0) is 15.4 Å². The Morgan fingerprint density at radius 3 is 2.22 bits per heavy atom. The molecule has 0 fully saturated rings. The van der Waals surface area contributed by atoms with Crippen molar-refractivity contribution in [2.75, 3.05) is 19.9 Å². The highest BCUT2D eigenvalue weighted by Gasteiger charge is 2.33. The van der Waals surface area contributed by atoms with Gasteiger partial charge in [0.25, 0.3) is 0 Å². The Kier molecular flexibility index (Phi) is 8.17. The summed E-state index contributed by atoms with van der Waals surface area (Å²) in [5.74, 6) is 0. The lowest BCUT2D eigenvalue weighted by Gasteiger charge is -2.38. The van der Waals surface area contributed by atoms with Crippen LogP contribution in [0.4, 0.5) is 0 Å². The predicted octanol–water partition coefficient (Wildman–Crippen LogP) is 4.05. The Morgan fingerprint density at radius 2 is 1.74 bits per heavy atom. The molecule has 0 saturated carbocycles. The van der Waals surface area contributed by atoms with E-state index in [0.717, 1.165) is 25.4 Å². The fraction of sp³-hybridized carbons (Fsp3) is 0.667. The average Bonchev–Trinajstić information content (AvgIpc) is 2.49. The third kappa shape index (κ3) is 7.76. The lowest BCUT2D eigenvalue weighted by molar-refractivity contribution is 0.128. The summed E-state index contributed by atoms with van der Waals surface area (Å²) < 4.78 is 12.0. The molecule has 1 rings (SSSR count). The minimum atomic E-state index is -2.05. The Labute approximate surface area is 145 Å². The maximum atomic E-state index is 6.21. The Hall–Kier alpha value is -0.466. The molecule has 0 amide bonds. The first-order valence-electron chi connectivity index (χ1n) is 8.64. The molecule has 23 heavy (non-hydrogen) atoms. The summed E-state index contributed by atoms with van der Waals surface area (Å²) in [6, 6.07) is 11.7. The fourth-order valence-corrected chi connectivity index (χ4v) is 6.26. The number of benzene rings is 1. The molecule has 0 heterocycles. The predicted molar refractivity (Wildman–Crippen MR) is 105 cm³/mol. The van der Waals surface area contributed by atoms with Crippen LogP contribution in [0.25, 0.3) is 0 Å². The van der Waals surface area contributed by atoms with Crippen molar-refractivity contribution >= 4 is 17.4 Å². The molecule has 1 aromatic carbocycles. The van der Waals surface area contributed by atoms with E-state index < -0.39 is 17.4 Å². The van der Waals surface area contributed by atoms with Gasteiger partial charge in [0.2, 0.25) is 0 Å². The van der Waals surface area contributed by atoms with Gasteiger partial charge in [-0.2, -0.15) is 0 Å². The van der Waals surface area contributed by atoms with Crippen LogP contribution in [0.1, 0.15) is 26.3 Å². The van der Waals surface area contributed by atoms with E-state index >= 15 is 0 Å². The molecular formula is C18H35NO2Si2. The van der Waals surface area contributed by atoms with Crippen LogP contribution in [0, 0.1) is 0 Å². The van der Waals surface area contributed by atoms with E-state index in [-0.39, 0.29) is 5.54 Å². The lowest BCUT2D eigenvalue weighted by atomic mass is 10.0. The van der Waals surface area contributed by atoms with E-state index in [1.165, 1.54) is 5.56 Å². The van der Waals surface area contributed by atoms with Gasteiger partial charge in [-0.1, -0.05) is 43.4 Å². The zero-order valence-electron chi connectivity index (χ0n) is 16.1. The molecule has 132 valence electrons. The van der Waals surface area contributed by atoms with Gasteiger partial charge < -0.3 is 8.85 Å². The van der Waals surface area contributed by atoms with Crippen LogP contribution in [0.2, 0.25) is 25.7 Å². The summed E-state index contributed by atoms with van der Waals surface area (Å²) in [5.41, 5.74) is 1.49. The van der Waals surface area contributed by atoms with E-state index in [4.69, 9.17) is 8.85 Å². The van der Waals surface area contributed by atoms with Crippen LogP contribution < -0.4 is 0 Å². The third-order valence-corrected chi connectivity index (χ3v) is 8.09. The van der Waals surface area contributed by atoms with Gasteiger partial charge in [-0.15, -0.1) is 0 Å². The topological polar surface area (TPSA) is 21.7 Å². The maximum Gasteiger partial charge on any atom is 0.335 e. The average molecular weight is 354 g/mol. The van der Waals surface area contributed by atoms with Crippen LogP contribution in [0.3, 0.4) is 0 Å². The first-order chi connectivity index (χ1) is 10.7. The molecule has 0 aliphatic heterocycles. The molecular weight excluding hydrogens is 318 g/mol. The molecule has 1 aromatic rings. The maximum absolute atomic E-state index is 6.21. The van der Waals surface area contributed by atoms with Crippen molar-refractivity contribution in [3.63, 3.8) is 0 Å². The third-order valence-electron chi connectivity index (χ3n) is 4.15. The summed E-state index contributed by atoms with van der Waals surface area (Å²) >= 11 is 0. The van der Waals surface area contributed by atoms with E-state index in [0.29, 0.717) is 0 Å². The molecule has 0 aliphatic rings. The van der Waals surface area contributed by atoms with Crippen molar-refractivity contribution in [2.45, 2.75) is 58.5 Å². The van der Waals surface area contributed by atoms with Crippen LogP contribution in [-0.4, -0.2) is 47.7 Å². The van der Waals surface area contributed by atoms with Crippen molar-refractivity contribution in [2.24, 2.45) is 0 Å². The Bertz CT molecular complexity index is 448. The molecule has 0 saturated heterocycles. The highest BCUT2D eigenvalue weighted by molar-refractivity contribution is 6.67. The standard InChI is InChI=1S/C18H35NO2Si2/c1-18(2,3)19(15-17-11-9-8-10-12-17)13-14-23(7,20-4)21-16-22(5)6/h8-12,22H,13-16H2,1-7H3. The number of rotatable bonds is 9. The van der Waals surface area contributed by atoms with Crippen LogP contribution in [0.5, 0.6) is 0 Å². The molecule has 1 unspecified atom stereocenters. The summed E-state index contributed by atoms with van der Waals surface area (Å²) in [5, 5.41) is 0. The molecule has 0 N–H and O–H groups in total. The normalized spacial score (nSPS) is 15.2. The van der Waals surface area contributed by atoms with Crippen molar-refractivity contribution in [1.82, 2.24) is 4.90 Å². The van der Waals surface area contributed by atoms with Crippen molar-refractivity contribution in [3.05, 3.63) is 35.9 Å². The molecule has 3 nitrogen and oxygen atoms in total. The number of nitrogens with zero attached hydrogens (tertiary/aromatic N) is 1. The van der Waals surface area contributed by atoms with Gasteiger partial charge in [0.15, 0.2) is 0 Å². The first kappa shape index (κ1) is 20.6. The highest BCUT2D eigenvalue weighted by Crippen LogP contribution is 2.21. The van der Waals surface area contributed by atoms with Gasteiger partial charge in [0.05, 0.1) is 8.80 Å². The van der Waals surface area contributed by atoms with Crippen molar-refractivity contribution in [1.29, 1.82) is 0 Å². The zero-order chi connectivity index (χ0) is 17.5. The quantitative estimate of drug-likeness (QED) is 0.625. The van der Waals surface area contributed by atoms with E-state index in [2.05, 4.69) is 75.6 Å². The second-order valence-corrected chi connectivity index (χ2v) is 14.5. The van der Waals surface area contributed by atoms with E-state index in [9.17, 15) is 0 Å². The number of hydrogen-bond donors (Lipinski definition) is 0. The van der Waals surface area contributed by atoms with Gasteiger partial charge in [0.1, 0.15) is 0 Å². The summed E-state index contributed by atoms with van der Waals surface area (Å²) in [6.45, 7) is 15.7. The summed E-state index contributed by atoms with van der Waals surface area (Å²) in [7, 11) is -0.944. The smallest absolute Gasteiger partial charge is 0.335 e. The van der Waals surface area contributed by atoms with Gasteiger partial charge in [-0.3, -0.25) is 4.90 Å². The summed E-state index contributed by atoms with van der Waals surface area (Å²) in [6.07, 6.45) is 0.921. The van der Waals surface area contributed by atoms with E-state index in [1.54, 1.807) is 0 Å². The van der Waals surface area contributed by atoms with Gasteiger partial charge in [-0.05, 0) is 32.9 Å². The Morgan fingerprint density at radius 1 is 1.13 bits per heavy atom. The molecule has 0 spiro atoms. The van der Waals surface area contributed by atoms with E-state index in [1.807, 2.05) is 7.11 Å². The second-order valence-electron chi connectivity index (χ2n) is 7.87. The molecule has 1 atom stereocenters. The molecule has 0 aromatic heterocycles. The van der Waals surface area contributed by atoms with Crippen molar-refractivity contribution < 1.29 is 8.85 Å². The minimum Gasteiger partial charge on any atom is -0.398 e. The van der Waals surface area contributed by atoms with Crippen molar-refractivity contribution in [3.8, 4) is 0 Å². The molecule has 0 bridgehead atoms. The SMILES string of the molecule is CO[Si](C)(CCN(Cc1ccccc1)C(C)(C)C)OC[SiH](C)C. The van der Waals surface area contributed by atoms with Gasteiger partial charge in [0, 0.05) is 38.0 Å². The zero-order valence-corrected chi connectivity index (χ0v) is 18.2. The van der Waals surface area contributed by atoms with Gasteiger partial charge >= 0.3 is 8.56 Å². The monoisotopic (exact) mass is 353 g/mol. The highest BCUT2D eigenvalue weighted by atomic mass is 28.4. The van der Waals surface area contributed by atoms with Crippen LogP contribution >= 0.6 is 0 Å². The number of hydrogen-bond acceptors (Lipinski definition) is 3. The van der Waals surface area contributed by atoms with Crippen LogP contribution in [0.15, 0.2) is 30.3 Å². The lowest BCUT2D eigenvalue weighted by Crippen LogP contribution is -2.47. The molecule has 0 aliphatic carbocycles. The molecule has 5 heteroatoms. The molecule has 0 radical (unpaired) electrons.